The molecule has 1 heterocycles. The SMILES string of the molecule is CCN1c2ccc(F)cc2OCC1CC(=O)O. The van der Waals surface area contributed by atoms with Crippen LogP contribution in [0, 0.1) is 5.82 Å². The standard InChI is InChI=1S/C12H14FNO3/c1-2-14-9(6-12(15)16)7-17-11-5-8(13)3-4-10(11)14/h3-5,9H,2,6-7H2,1H3,(H,15,16). The van der Waals surface area contributed by atoms with Gasteiger partial charge in [0.15, 0.2) is 0 Å². The topological polar surface area (TPSA) is 49.8 Å². The van der Waals surface area contributed by atoms with Crippen LogP contribution in [0.5, 0.6) is 5.75 Å². The molecule has 2 rings (SSSR count). The predicted octanol–water partition coefficient (Wildman–Crippen LogP) is 1.89. The number of benzene rings is 1. The summed E-state index contributed by atoms with van der Waals surface area (Å²) in [6.45, 7) is 2.88. The molecule has 0 spiro atoms. The summed E-state index contributed by atoms with van der Waals surface area (Å²) in [5, 5.41) is 8.83. The largest absolute Gasteiger partial charge is 0.489 e. The number of carboxylic acids is 1. The Bertz CT molecular complexity index is 436. The highest BCUT2D eigenvalue weighted by Crippen LogP contribution is 2.34. The number of rotatable bonds is 3. The lowest BCUT2D eigenvalue weighted by molar-refractivity contribution is -0.137. The van der Waals surface area contributed by atoms with E-state index in [1.54, 1.807) is 6.07 Å². The molecule has 1 atom stereocenters. The molecule has 0 aliphatic carbocycles. The number of aliphatic carboxylic acids is 1. The number of anilines is 1. The molecule has 0 fully saturated rings. The monoisotopic (exact) mass is 239 g/mol. The van der Waals surface area contributed by atoms with Crippen LogP contribution >= 0.6 is 0 Å². The zero-order chi connectivity index (χ0) is 12.4. The number of carboxylic acid groups (broad SMARTS) is 1. The zero-order valence-corrected chi connectivity index (χ0v) is 9.52. The van der Waals surface area contributed by atoms with Gasteiger partial charge in [0.05, 0.1) is 18.2 Å². The number of halogens is 1. The Kier molecular flexibility index (Phi) is 3.17. The van der Waals surface area contributed by atoms with E-state index in [2.05, 4.69) is 0 Å². The molecular formula is C12H14FNO3. The van der Waals surface area contributed by atoms with E-state index in [-0.39, 0.29) is 24.9 Å². The fourth-order valence-electron chi connectivity index (χ4n) is 2.11. The summed E-state index contributed by atoms with van der Waals surface area (Å²) in [5.74, 6) is -0.729. The Morgan fingerprint density at radius 1 is 1.65 bits per heavy atom. The number of nitrogens with zero attached hydrogens (tertiary/aromatic N) is 1. The maximum atomic E-state index is 13.0. The van der Waals surface area contributed by atoms with Crippen LogP contribution < -0.4 is 9.64 Å². The molecule has 0 saturated carbocycles. The van der Waals surface area contributed by atoms with E-state index >= 15 is 0 Å². The molecule has 1 aromatic carbocycles. The number of carbonyl (C=O) groups is 1. The summed E-state index contributed by atoms with van der Waals surface area (Å²) in [7, 11) is 0. The van der Waals surface area contributed by atoms with E-state index in [0.717, 1.165) is 5.69 Å². The lowest BCUT2D eigenvalue weighted by Gasteiger charge is -2.37. The van der Waals surface area contributed by atoms with Gasteiger partial charge in [-0.2, -0.15) is 0 Å². The molecule has 1 aliphatic rings. The highest BCUT2D eigenvalue weighted by Gasteiger charge is 2.28. The maximum absolute atomic E-state index is 13.0. The molecular weight excluding hydrogens is 225 g/mol. The molecule has 1 aliphatic heterocycles. The van der Waals surface area contributed by atoms with Gasteiger partial charge in [0.1, 0.15) is 18.2 Å². The van der Waals surface area contributed by atoms with Gasteiger partial charge in [0.2, 0.25) is 0 Å². The van der Waals surface area contributed by atoms with Crippen LogP contribution in [-0.2, 0) is 4.79 Å². The van der Waals surface area contributed by atoms with Crippen molar-refractivity contribution >= 4 is 11.7 Å². The van der Waals surface area contributed by atoms with Gasteiger partial charge in [-0.05, 0) is 19.1 Å². The van der Waals surface area contributed by atoms with Crippen molar-refractivity contribution in [3.8, 4) is 5.75 Å². The third-order valence-corrected chi connectivity index (χ3v) is 2.85. The van der Waals surface area contributed by atoms with Crippen molar-refractivity contribution in [3.63, 3.8) is 0 Å². The minimum Gasteiger partial charge on any atom is -0.489 e. The first-order chi connectivity index (χ1) is 8.11. The van der Waals surface area contributed by atoms with Gasteiger partial charge in [-0.15, -0.1) is 0 Å². The van der Waals surface area contributed by atoms with Crippen molar-refractivity contribution in [2.24, 2.45) is 0 Å². The number of hydrogen-bond donors (Lipinski definition) is 1. The van der Waals surface area contributed by atoms with E-state index < -0.39 is 5.97 Å². The zero-order valence-electron chi connectivity index (χ0n) is 9.52. The third-order valence-electron chi connectivity index (χ3n) is 2.85. The van der Waals surface area contributed by atoms with Gasteiger partial charge < -0.3 is 14.7 Å². The molecule has 1 unspecified atom stereocenters. The Labute approximate surface area is 98.6 Å². The smallest absolute Gasteiger partial charge is 0.305 e. The first-order valence-electron chi connectivity index (χ1n) is 5.52. The Hall–Kier alpha value is -1.78. The van der Waals surface area contributed by atoms with Crippen LogP contribution in [0.2, 0.25) is 0 Å². The molecule has 5 heteroatoms. The Morgan fingerprint density at radius 3 is 3.06 bits per heavy atom. The first-order valence-corrected chi connectivity index (χ1v) is 5.52. The van der Waals surface area contributed by atoms with Gasteiger partial charge in [-0.25, -0.2) is 4.39 Å². The molecule has 1 aromatic rings. The number of likely N-dealkylation sites (N-methyl/N-ethyl adjacent to an activating group) is 1. The minimum absolute atomic E-state index is 0.0185. The van der Waals surface area contributed by atoms with Crippen molar-refractivity contribution in [1.82, 2.24) is 0 Å². The summed E-state index contributed by atoms with van der Waals surface area (Å²) in [4.78, 5) is 12.7. The van der Waals surface area contributed by atoms with Crippen LogP contribution in [0.25, 0.3) is 0 Å². The molecule has 0 amide bonds. The molecule has 0 saturated heterocycles. The summed E-state index contributed by atoms with van der Waals surface area (Å²) < 4.78 is 18.4. The summed E-state index contributed by atoms with van der Waals surface area (Å²) in [6.07, 6.45) is 0.0185. The van der Waals surface area contributed by atoms with E-state index in [1.807, 2.05) is 11.8 Å². The predicted molar refractivity (Wildman–Crippen MR) is 61.0 cm³/mol. The Morgan fingerprint density at radius 2 is 2.41 bits per heavy atom. The van der Waals surface area contributed by atoms with Gasteiger partial charge in [-0.1, -0.05) is 0 Å². The van der Waals surface area contributed by atoms with Crippen LogP contribution in [0.4, 0.5) is 10.1 Å². The number of fused-ring (bicyclic) bond motifs is 1. The van der Waals surface area contributed by atoms with Crippen molar-refractivity contribution in [1.29, 1.82) is 0 Å². The quantitative estimate of drug-likeness (QED) is 0.875. The van der Waals surface area contributed by atoms with E-state index in [0.29, 0.717) is 12.3 Å². The van der Waals surface area contributed by atoms with Crippen molar-refractivity contribution in [3.05, 3.63) is 24.0 Å². The molecule has 4 nitrogen and oxygen atoms in total. The fourth-order valence-corrected chi connectivity index (χ4v) is 2.11. The van der Waals surface area contributed by atoms with Crippen LogP contribution in [0.1, 0.15) is 13.3 Å². The maximum Gasteiger partial charge on any atom is 0.305 e. The van der Waals surface area contributed by atoms with Gasteiger partial charge in [-0.3, -0.25) is 4.79 Å². The van der Waals surface area contributed by atoms with Crippen molar-refractivity contribution < 1.29 is 19.0 Å². The fraction of sp³-hybridized carbons (Fsp3) is 0.417. The molecule has 92 valence electrons. The van der Waals surface area contributed by atoms with Gasteiger partial charge >= 0.3 is 5.97 Å². The van der Waals surface area contributed by atoms with E-state index in [9.17, 15) is 9.18 Å². The Balaban J connectivity index is 2.29. The lowest BCUT2D eigenvalue weighted by atomic mass is 10.1. The average molecular weight is 239 g/mol. The lowest BCUT2D eigenvalue weighted by Crippen LogP contribution is -2.44. The number of hydrogen-bond acceptors (Lipinski definition) is 3. The van der Waals surface area contributed by atoms with E-state index in [4.69, 9.17) is 9.84 Å². The molecule has 0 aromatic heterocycles. The second kappa shape index (κ2) is 4.61. The van der Waals surface area contributed by atoms with Crippen molar-refractivity contribution in [2.45, 2.75) is 19.4 Å². The number of ether oxygens (including phenoxy) is 1. The second-order valence-electron chi connectivity index (χ2n) is 3.96. The third kappa shape index (κ3) is 2.33. The van der Waals surface area contributed by atoms with Gasteiger partial charge in [0, 0.05) is 12.6 Å². The van der Waals surface area contributed by atoms with E-state index in [1.165, 1.54) is 12.1 Å². The first kappa shape index (κ1) is 11.7. The highest BCUT2D eigenvalue weighted by atomic mass is 19.1. The average Bonchev–Trinajstić information content (AvgIpc) is 2.28. The molecule has 0 bridgehead atoms. The minimum atomic E-state index is -0.859. The van der Waals surface area contributed by atoms with Crippen LogP contribution in [0.3, 0.4) is 0 Å². The summed E-state index contributed by atoms with van der Waals surface area (Å²) >= 11 is 0. The van der Waals surface area contributed by atoms with Gasteiger partial charge in [0.25, 0.3) is 0 Å². The molecule has 1 N–H and O–H groups in total. The van der Waals surface area contributed by atoms with Crippen molar-refractivity contribution in [2.75, 3.05) is 18.1 Å². The second-order valence-corrected chi connectivity index (χ2v) is 3.96. The summed E-state index contributed by atoms with van der Waals surface area (Å²) in [6, 6.07) is 4.11. The van der Waals surface area contributed by atoms with Crippen LogP contribution in [0.15, 0.2) is 18.2 Å². The summed E-state index contributed by atoms with van der Waals surface area (Å²) in [5.41, 5.74) is 0.756. The van der Waals surface area contributed by atoms with Crippen LogP contribution in [-0.4, -0.2) is 30.3 Å². The molecule has 0 radical (unpaired) electrons. The normalized spacial score (nSPS) is 18.5. The molecule has 17 heavy (non-hydrogen) atoms. The highest BCUT2D eigenvalue weighted by molar-refractivity contribution is 5.70.